The summed E-state index contributed by atoms with van der Waals surface area (Å²) in [6, 6.07) is 5.84. The van der Waals surface area contributed by atoms with Crippen LogP contribution in [0, 0.1) is 0 Å². The molecule has 2 heterocycles. The molecule has 3 N–H and O–H groups in total. The maximum absolute atomic E-state index is 12.3. The first-order valence-electron chi connectivity index (χ1n) is 6.53. The second kappa shape index (κ2) is 5.71. The second-order valence-corrected chi connectivity index (χ2v) is 6.71. The van der Waals surface area contributed by atoms with Crippen LogP contribution < -0.4 is 11.1 Å². The minimum absolute atomic E-state index is 0.119. The van der Waals surface area contributed by atoms with E-state index in [0.29, 0.717) is 17.1 Å². The number of halogens is 1. The van der Waals surface area contributed by atoms with Gasteiger partial charge in [0.15, 0.2) is 0 Å². The number of hydrogen-bond acceptors (Lipinski definition) is 4. The van der Waals surface area contributed by atoms with E-state index in [1.54, 1.807) is 0 Å². The molecule has 106 valence electrons. The number of carbonyl (C=O) groups is 1. The van der Waals surface area contributed by atoms with E-state index in [-0.39, 0.29) is 12.0 Å². The summed E-state index contributed by atoms with van der Waals surface area (Å²) >= 11 is 4.90. The fraction of sp³-hybridized carbons (Fsp3) is 0.357. The van der Waals surface area contributed by atoms with Crippen molar-refractivity contribution in [2.45, 2.75) is 18.9 Å². The third-order valence-corrected chi connectivity index (χ3v) is 5.25. The Morgan fingerprint density at radius 2 is 2.40 bits per heavy atom. The zero-order valence-electron chi connectivity index (χ0n) is 10.8. The predicted molar refractivity (Wildman–Crippen MR) is 85.2 cm³/mol. The Labute approximate surface area is 129 Å². The van der Waals surface area contributed by atoms with Crippen LogP contribution in [0.1, 0.15) is 22.5 Å². The number of carbonyl (C=O) groups excluding carboxylic acids is 1. The highest BCUT2D eigenvalue weighted by atomic mass is 79.9. The monoisotopic (exact) mass is 354 g/mol. The number of anilines is 1. The zero-order valence-corrected chi connectivity index (χ0v) is 13.2. The highest BCUT2D eigenvalue weighted by Crippen LogP contribution is 2.38. The van der Waals surface area contributed by atoms with Gasteiger partial charge in [-0.1, -0.05) is 22.0 Å². The highest BCUT2D eigenvalue weighted by Gasteiger charge is 2.20. The van der Waals surface area contributed by atoms with Crippen LogP contribution in [0.15, 0.2) is 22.7 Å². The van der Waals surface area contributed by atoms with Crippen LogP contribution in [-0.4, -0.2) is 25.2 Å². The van der Waals surface area contributed by atoms with Gasteiger partial charge in [0, 0.05) is 27.7 Å². The Bertz CT molecular complexity index is 650. The molecule has 0 aliphatic carbocycles. The summed E-state index contributed by atoms with van der Waals surface area (Å²) in [5.41, 5.74) is 6.66. The van der Waals surface area contributed by atoms with Gasteiger partial charge in [0.2, 0.25) is 0 Å². The molecule has 3 rings (SSSR count). The van der Waals surface area contributed by atoms with Crippen molar-refractivity contribution in [3.8, 4) is 0 Å². The van der Waals surface area contributed by atoms with Crippen LogP contribution in [0.5, 0.6) is 0 Å². The minimum Gasteiger partial charge on any atom is -0.397 e. The lowest BCUT2D eigenvalue weighted by Crippen LogP contribution is -2.31. The molecule has 6 heteroatoms. The molecule has 1 aliphatic rings. The average Bonchev–Trinajstić information content (AvgIpc) is 3.05. The number of amides is 1. The third-order valence-electron chi connectivity index (χ3n) is 3.42. The van der Waals surface area contributed by atoms with E-state index in [0.717, 1.165) is 34.0 Å². The topological polar surface area (TPSA) is 64.4 Å². The predicted octanol–water partition coefficient (Wildman–Crippen LogP) is 3.15. The molecular formula is C14H15BrN2O2S. The summed E-state index contributed by atoms with van der Waals surface area (Å²) < 4.78 is 7.43. The number of ether oxygens (including phenoxy) is 1. The molecule has 1 atom stereocenters. The van der Waals surface area contributed by atoms with Crippen molar-refractivity contribution in [3.63, 3.8) is 0 Å². The van der Waals surface area contributed by atoms with E-state index < -0.39 is 0 Å². The number of fused-ring (bicyclic) bond motifs is 1. The Balaban J connectivity index is 1.80. The molecule has 4 nitrogen and oxygen atoms in total. The van der Waals surface area contributed by atoms with Gasteiger partial charge in [-0.25, -0.2) is 0 Å². The average molecular weight is 355 g/mol. The summed E-state index contributed by atoms with van der Waals surface area (Å²) in [5, 5.41) is 3.83. The fourth-order valence-electron chi connectivity index (χ4n) is 2.39. The molecule has 2 aromatic rings. The van der Waals surface area contributed by atoms with Gasteiger partial charge in [-0.15, -0.1) is 11.3 Å². The smallest absolute Gasteiger partial charge is 0.263 e. The summed E-state index contributed by atoms with van der Waals surface area (Å²) in [5.74, 6) is -0.119. The first kappa shape index (κ1) is 13.9. The van der Waals surface area contributed by atoms with Gasteiger partial charge in [0.1, 0.15) is 4.88 Å². The number of nitrogens with two attached hydrogens (primary N) is 1. The van der Waals surface area contributed by atoms with Crippen molar-refractivity contribution in [3.05, 3.63) is 27.5 Å². The van der Waals surface area contributed by atoms with Gasteiger partial charge in [-0.3, -0.25) is 4.79 Å². The molecule has 0 bridgehead atoms. The van der Waals surface area contributed by atoms with Gasteiger partial charge >= 0.3 is 0 Å². The molecule has 0 radical (unpaired) electrons. The molecule has 0 spiro atoms. The molecule has 20 heavy (non-hydrogen) atoms. The van der Waals surface area contributed by atoms with E-state index in [4.69, 9.17) is 10.5 Å². The van der Waals surface area contributed by atoms with Crippen molar-refractivity contribution >= 4 is 48.9 Å². The van der Waals surface area contributed by atoms with Gasteiger partial charge < -0.3 is 15.8 Å². The number of nitrogen functional groups attached to an aromatic ring is 1. The standard InChI is InChI=1S/C14H15BrN2O2S/c15-9-4-1-5-10-11(9)12(16)13(20-10)14(18)17-7-8-3-2-6-19-8/h1,4-5,8H,2-3,6-7,16H2,(H,17,18). The van der Waals surface area contributed by atoms with Crippen molar-refractivity contribution in [1.29, 1.82) is 0 Å². The summed E-state index contributed by atoms with van der Waals surface area (Å²) in [4.78, 5) is 12.8. The lowest BCUT2D eigenvalue weighted by atomic mass is 10.2. The first-order valence-corrected chi connectivity index (χ1v) is 8.14. The van der Waals surface area contributed by atoms with Gasteiger partial charge in [-0.05, 0) is 25.0 Å². The Morgan fingerprint density at radius 3 is 3.10 bits per heavy atom. The number of thiophene rings is 1. The normalized spacial score (nSPS) is 18.6. The Morgan fingerprint density at radius 1 is 1.55 bits per heavy atom. The second-order valence-electron chi connectivity index (χ2n) is 4.80. The van der Waals surface area contributed by atoms with Gasteiger partial charge in [0.25, 0.3) is 5.91 Å². The molecule has 1 aliphatic heterocycles. The van der Waals surface area contributed by atoms with Gasteiger partial charge in [0.05, 0.1) is 11.8 Å². The minimum atomic E-state index is -0.119. The highest BCUT2D eigenvalue weighted by molar-refractivity contribution is 9.10. The fourth-order valence-corrected chi connectivity index (χ4v) is 4.17. The number of benzene rings is 1. The van der Waals surface area contributed by atoms with Crippen LogP contribution in [0.25, 0.3) is 10.1 Å². The van der Waals surface area contributed by atoms with Crippen molar-refractivity contribution in [1.82, 2.24) is 5.32 Å². The molecule has 1 aromatic carbocycles. The summed E-state index contributed by atoms with van der Waals surface area (Å²) in [6.45, 7) is 1.34. The van der Waals surface area contributed by atoms with Crippen molar-refractivity contribution < 1.29 is 9.53 Å². The van der Waals surface area contributed by atoms with Crippen LogP contribution >= 0.6 is 27.3 Å². The molecule has 1 aromatic heterocycles. The van der Waals surface area contributed by atoms with E-state index in [1.807, 2.05) is 18.2 Å². The zero-order chi connectivity index (χ0) is 14.1. The van der Waals surface area contributed by atoms with Crippen LogP contribution in [0.2, 0.25) is 0 Å². The Kier molecular flexibility index (Phi) is 3.96. The summed E-state index contributed by atoms with van der Waals surface area (Å²) in [6.07, 6.45) is 2.22. The van der Waals surface area contributed by atoms with Crippen molar-refractivity contribution in [2.24, 2.45) is 0 Å². The van der Waals surface area contributed by atoms with E-state index in [1.165, 1.54) is 11.3 Å². The summed E-state index contributed by atoms with van der Waals surface area (Å²) in [7, 11) is 0. The Hall–Kier alpha value is -1.11. The van der Waals surface area contributed by atoms with E-state index in [9.17, 15) is 4.79 Å². The molecule has 1 amide bonds. The van der Waals surface area contributed by atoms with E-state index >= 15 is 0 Å². The number of hydrogen-bond donors (Lipinski definition) is 2. The number of nitrogens with one attached hydrogen (secondary N) is 1. The molecule has 1 unspecified atom stereocenters. The lowest BCUT2D eigenvalue weighted by molar-refractivity contribution is 0.0862. The molecular weight excluding hydrogens is 340 g/mol. The first-order chi connectivity index (χ1) is 9.66. The maximum Gasteiger partial charge on any atom is 0.263 e. The molecule has 0 saturated carbocycles. The third kappa shape index (κ3) is 2.55. The maximum atomic E-state index is 12.3. The largest absolute Gasteiger partial charge is 0.397 e. The molecule has 1 saturated heterocycles. The quantitative estimate of drug-likeness (QED) is 0.889. The van der Waals surface area contributed by atoms with Crippen LogP contribution in [0.4, 0.5) is 5.69 Å². The lowest BCUT2D eigenvalue weighted by Gasteiger charge is -2.10. The van der Waals surface area contributed by atoms with Crippen molar-refractivity contribution in [2.75, 3.05) is 18.9 Å². The molecule has 1 fully saturated rings. The van der Waals surface area contributed by atoms with Crippen LogP contribution in [-0.2, 0) is 4.74 Å². The van der Waals surface area contributed by atoms with E-state index in [2.05, 4.69) is 21.2 Å². The SMILES string of the molecule is Nc1c(C(=O)NCC2CCCO2)sc2cccc(Br)c12. The number of rotatable bonds is 3. The van der Waals surface area contributed by atoms with Gasteiger partial charge in [-0.2, -0.15) is 0 Å². The van der Waals surface area contributed by atoms with Crippen LogP contribution in [0.3, 0.4) is 0 Å².